The monoisotopic (exact) mass is 468 g/mol. The van der Waals surface area contributed by atoms with Gasteiger partial charge in [-0.3, -0.25) is 4.79 Å². The molecule has 0 bridgehead atoms. The molecule has 0 spiro atoms. The highest BCUT2D eigenvalue weighted by molar-refractivity contribution is 8.00. The lowest BCUT2D eigenvalue weighted by Crippen LogP contribution is -2.36. The highest BCUT2D eigenvalue weighted by atomic mass is 32.2. The first kappa shape index (κ1) is 23.1. The van der Waals surface area contributed by atoms with Crippen LogP contribution in [0.15, 0.2) is 47.8 Å². The van der Waals surface area contributed by atoms with Crippen molar-refractivity contribution >= 4 is 39.9 Å². The van der Waals surface area contributed by atoms with Gasteiger partial charge in [0.05, 0.1) is 49.1 Å². The quantitative estimate of drug-likeness (QED) is 0.373. The van der Waals surface area contributed by atoms with E-state index >= 15 is 0 Å². The van der Waals surface area contributed by atoms with E-state index in [1.54, 1.807) is 0 Å². The molecule has 9 heteroatoms. The molecular weight excluding hydrogens is 440 g/mol. The van der Waals surface area contributed by atoms with E-state index in [-0.39, 0.29) is 11.7 Å². The van der Waals surface area contributed by atoms with Crippen LogP contribution in [-0.2, 0) is 9.53 Å². The molecule has 1 aromatic heterocycles. The van der Waals surface area contributed by atoms with Gasteiger partial charge in [0, 0.05) is 30.6 Å². The molecule has 0 unspecified atom stereocenters. The van der Waals surface area contributed by atoms with Crippen LogP contribution in [0.4, 0.5) is 11.4 Å². The maximum atomic E-state index is 12.8. The number of nitrogens with zero attached hydrogens (tertiary/aromatic N) is 3. The molecule has 8 nitrogen and oxygen atoms in total. The number of carbonyl (C=O) groups is 1. The number of rotatable bonds is 9. The number of benzene rings is 2. The average molecular weight is 469 g/mol. The van der Waals surface area contributed by atoms with Crippen LogP contribution in [0.1, 0.15) is 13.8 Å². The third-order valence-electron chi connectivity index (χ3n) is 5.13. The van der Waals surface area contributed by atoms with E-state index < -0.39 is 0 Å². The number of nitrogens with one attached hydrogen (secondary N) is 1. The second-order valence-electron chi connectivity index (χ2n) is 7.31. The summed E-state index contributed by atoms with van der Waals surface area (Å²) in [6.07, 6.45) is 1.52. The molecular formula is C24H28N4O4S. The summed E-state index contributed by atoms with van der Waals surface area (Å²) >= 11 is 1.38. The first-order valence-corrected chi connectivity index (χ1v) is 12.1. The summed E-state index contributed by atoms with van der Waals surface area (Å²) in [6, 6.07) is 11.6. The third kappa shape index (κ3) is 5.66. The normalized spacial score (nSPS) is 13.7. The summed E-state index contributed by atoms with van der Waals surface area (Å²) in [7, 11) is 0. The van der Waals surface area contributed by atoms with Crippen LogP contribution in [0, 0.1) is 0 Å². The summed E-state index contributed by atoms with van der Waals surface area (Å²) in [5.41, 5.74) is 2.40. The van der Waals surface area contributed by atoms with Crippen LogP contribution in [0.5, 0.6) is 11.5 Å². The van der Waals surface area contributed by atoms with Gasteiger partial charge < -0.3 is 24.4 Å². The summed E-state index contributed by atoms with van der Waals surface area (Å²) in [5, 5.41) is 4.70. The summed E-state index contributed by atoms with van der Waals surface area (Å²) in [4.78, 5) is 23.7. The lowest BCUT2D eigenvalue weighted by Gasteiger charge is -2.31. The molecule has 2 heterocycles. The first-order valence-electron chi connectivity index (χ1n) is 11.1. The number of carbonyl (C=O) groups excluding carboxylic acids is 1. The number of hydrogen-bond donors (Lipinski definition) is 1. The van der Waals surface area contributed by atoms with Gasteiger partial charge in [0.25, 0.3) is 0 Å². The number of ether oxygens (including phenoxy) is 3. The average Bonchev–Trinajstić information content (AvgIpc) is 2.85. The Balaban J connectivity index is 1.52. The predicted octanol–water partition coefficient (Wildman–Crippen LogP) is 3.99. The van der Waals surface area contributed by atoms with Crippen molar-refractivity contribution in [2.75, 3.05) is 55.5 Å². The van der Waals surface area contributed by atoms with Crippen molar-refractivity contribution in [2.45, 2.75) is 18.9 Å². The standard InChI is InChI=1S/C24H28N4O4S/c1-3-31-21-14-20(28-9-11-30-12-10-28)22(32-4-2)13-19(21)27-23(29)15-33-24-17-7-5-6-8-18(17)25-16-26-24/h5-8,13-14,16H,3-4,9-12,15H2,1-2H3,(H,27,29). The molecule has 1 N–H and O–H groups in total. The van der Waals surface area contributed by atoms with Gasteiger partial charge in [-0.05, 0) is 19.9 Å². The van der Waals surface area contributed by atoms with E-state index in [1.165, 1.54) is 18.1 Å². The zero-order chi connectivity index (χ0) is 23.0. The van der Waals surface area contributed by atoms with Crippen LogP contribution in [0.2, 0.25) is 0 Å². The minimum Gasteiger partial charge on any atom is -0.492 e. The van der Waals surface area contributed by atoms with Crippen LogP contribution in [-0.4, -0.2) is 61.1 Å². The zero-order valence-electron chi connectivity index (χ0n) is 18.9. The van der Waals surface area contributed by atoms with Gasteiger partial charge in [-0.15, -0.1) is 0 Å². The minimum atomic E-state index is -0.148. The molecule has 0 saturated carbocycles. The van der Waals surface area contributed by atoms with E-state index in [4.69, 9.17) is 14.2 Å². The largest absolute Gasteiger partial charge is 0.492 e. The Bertz CT molecular complexity index is 1100. The molecule has 0 radical (unpaired) electrons. The van der Waals surface area contributed by atoms with Gasteiger partial charge in [-0.25, -0.2) is 9.97 Å². The fourth-order valence-corrected chi connectivity index (χ4v) is 4.45. The molecule has 4 rings (SSSR count). The number of aromatic nitrogens is 2. The van der Waals surface area contributed by atoms with E-state index in [1.807, 2.05) is 50.2 Å². The number of anilines is 2. The fourth-order valence-electron chi connectivity index (χ4n) is 3.66. The molecule has 1 aliphatic heterocycles. The molecule has 1 aliphatic rings. The molecule has 174 valence electrons. The number of thioether (sulfide) groups is 1. The van der Waals surface area contributed by atoms with Crippen molar-refractivity contribution in [2.24, 2.45) is 0 Å². The summed E-state index contributed by atoms with van der Waals surface area (Å²) in [5.74, 6) is 1.40. The summed E-state index contributed by atoms with van der Waals surface area (Å²) < 4.78 is 17.3. The van der Waals surface area contributed by atoms with Crippen LogP contribution in [0.3, 0.4) is 0 Å². The molecule has 0 atom stereocenters. The maximum absolute atomic E-state index is 12.8. The van der Waals surface area contributed by atoms with Crippen molar-refractivity contribution < 1.29 is 19.0 Å². The second kappa shape index (κ2) is 11.2. The molecule has 1 saturated heterocycles. The Hall–Kier alpha value is -3.04. The van der Waals surface area contributed by atoms with Crippen molar-refractivity contribution in [3.05, 3.63) is 42.7 Å². The van der Waals surface area contributed by atoms with Crippen LogP contribution >= 0.6 is 11.8 Å². The Kier molecular flexibility index (Phi) is 7.85. The fraction of sp³-hybridized carbons (Fsp3) is 0.375. The van der Waals surface area contributed by atoms with Gasteiger partial charge in [-0.1, -0.05) is 30.0 Å². The number of para-hydroxylation sites is 1. The van der Waals surface area contributed by atoms with E-state index in [2.05, 4.69) is 20.2 Å². The predicted molar refractivity (Wildman–Crippen MR) is 131 cm³/mol. The second-order valence-corrected chi connectivity index (χ2v) is 8.28. The lowest BCUT2D eigenvalue weighted by molar-refractivity contribution is -0.113. The van der Waals surface area contributed by atoms with Gasteiger partial charge in [0.1, 0.15) is 22.9 Å². The summed E-state index contributed by atoms with van der Waals surface area (Å²) in [6.45, 7) is 7.77. The van der Waals surface area contributed by atoms with E-state index in [9.17, 15) is 4.79 Å². The Morgan fingerprint density at radius 2 is 1.85 bits per heavy atom. The number of morpholine rings is 1. The SMILES string of the molecule is CCOc1cc(N2CCOCC2)c(OCC)cc1NC(=O)CSc1ncnc2ccccc12. The highest BCUT2D eigenvalue weighted by Crippen LogP contribution is 2.39. The molecule has 0 aliphatic carbocycles. The lowest BCUT2D eigenvalue weighted by atomic mass is 10.2. The third-order valence-corrected chi connectivity index (χ3v) is 6.14. The number of fused-ring (bicyclic) bond motifs is 1. The van der Waals surface area contributed by atoms with Crippen molar-refractivity contribution in [3.63, 3.8) is 0 Å². The van der Waals surface area contributed by atoms with Gasteiger partial charge in [0.15, 0.2) is 0 Å². The Morgan fingerprint density at radius 3 is 2.64 bits per heavy atom. The minimum absolute atomic E-state index is 0.148. The van der Waals surface area contributed by atoms with Crippen LogP contribution < -0.4 is 19.7 Å². The molecule has 3 aromatic rings. The van der Waals surface area contributed by atoms with Crippen molar-refractivity contribution in [1.29, 1.82) is 0 Å². The number of hydrogen-bond acceptors (Lipinski definition) is 8. The molecule has 33 heavy (non-hydrogen) atoms. The Labute approximate surface area is 197 Å². The maximum Gasteiger partial charge on any atom is 0.234 e. The van der Waals surface area contributed by atoms with Crippen molar-refractivity contribution in [3.8, 4) is 11.5 Å². The van der Waals surface area contributed by atoms with Crippen molar-refractivity contribution in [1.82, 2.24) is 9.97 Å². The highest BCUT2D eigenvalue weighted by Gasteiger charge is 2.20. The first-order chi connectivity index (χ1) is 16.2. The van der Waals surface area contributed by atoms with Gasteiger partial charge in [0.2, 0.25) is 5.91 Å². The van der Waals surface area contributed by atoms with E-state index in [0.29, 0.717) is 43.6 Å². The topological polar surface area (TPSA) is 85.8 Å². The van der Waals surface area contributed by atoms with Crippen LogP contribution in [0.25, 0.3) is 10.9 Å². The molecule has 1 fully saturated rings. The number of amides is 1. The smallest absolute Gasteiger partial charge is 0.234 e. The zero-order valence-corrected chi connectivity index (χ0v) is 19.7. The van der Waals surface area contributed by atoms with Gasteiger partial charge >= 0.3 is 0 Å². The Morgan fingerprint density at radius 1 is 1.09 bits per heavy atom. The van der Waals surface area contributed by atoms with Gasteiger partial charge in [-0.2, -0.15) is 0 Å². The van der Waals surface area contributed by atoms with E-state index in [0.717, 1.165) is 34.7 Å². The molecule has 2 aromatic carbocycles. The molecule has 1 amide bonds.